The predicted molar refractivity (Wildman–Crippen MR) is 114 cm³/mol. The van der Waals surface area contributed by atoms with Crippen LogP contribution in [0.5, 0.6) is 5.75 Å². The summed E-state index contributed by atoms with van der Waals surface area (Å²) in [5, 5.41) is 0. The highest BCUT2D eigenvalue weighted by Crippen LogP contribution is 2.39. The molecule has 1 amide bonds. The predicted octanol–water partition coefficient (Wildman–Crippen LogP) is 2.42. The van der Waals surface area contributed by atoms with Crippen LogP contribution in [0, 0.1) is 0 Å². The van der Waals surface area contributed by atoms with Crippen LogP contribution in [-0.2, 0) is 19.6 Å². The van der Waals surface area contributed by atoms with Crippen LogP contribution in [0.1, 0.15) is 56.9 Å². The van der Waals surface area contributed by atoms with Crippen LogP contribution >= 0.6 is 0 Å². The van der Waals surface area contributed by atoms with Gasteiger partial charge in [0.25, 0.3) is 5.91 Å². The van der Waals surface area contributed by atoms with E-state index < -0.39 is 16.1 Å². The lowest BCUT2D eigenvalue weighted by Crippen LogP contribution is -2.60. The van der Waals surface area contributed by atoms with Crippen molar-refractivity contribution in [2.24, 2.45) is 0 Å². The molecule has 7 nitrogen and oxygen atoms in total. The maximum atomic E-state index is 13.3. The van der Waals surface area contributed by atoms with E-state index in [0.717, 1.165) is 44.1 Å². The van der Waals surface area contributed by atoms with E-state index in [2.05, 4.69) is 10.8 Å². The van der Waals surface area contributed by atoms with Crippen LogP contribution in [0.3, 0.4) is 0 Å². The van der Waals surface area contributed by atoms with Gasteiger partial charge >= 0.3 is 0 Å². The van der Waals surface area contributed by atoms with Crippen LogP contribution < -0.4 is 9.46 Å². The number of ether oxygens (including phenoxy) is 2. The number of amides is 1. The fourth-order valence-electron chi connectivity index (χ4n) is 5.12. The summed E-state index contributed by atoms with van der Waals surface area (Å²) < 4.78 is 39.0. The Bertz CT molecular complexity index is 866. The van der Waals surface area contributed by atoms with E-state index in [4.69, 9.17) is 9.47 Å². The van der Waals surface area contributed by atoms with E-state index in [9.17, 15) is 13.2 Å². The molecule has 30 heavy (non-hydrogen) atoms. The molecule has 2 fully saturated rings. The average Bonchev–Trinajstić information content (AvgIpc) is 2.72. The van der Waals surface area contributed by atoms with Gasteiger partial charge in [0.05, 0.1) is 25.0 Å². The molecule has 0 aromatic heterocycles. The van der Waals surface area contributed by atoms with Crippen molar-refractivity contribution in [2.75, 3.05) is 19.4 Å². The Hall–Kier alpha value is -1.64. The van der Waals surface area contributed by atoms with Crippen molar-refractivity contribution in [3.8, 4) is 5.75 Å². The smallest absolute Gasteiger partial charge is 0.263 e. The first-order valence-corrected chi connectivity index (χ1v) is 12.9. The van der Waals surface area contributed by atoms with Crippen molar-refractivity contribution >= 4 is 15.9 Å². The van der Waals surface area contributed by atoms with Gasteiger partial charge in [0.15, 0.2) is 6.10 Å². The van der Waals surface area contributed by atoms with Gasteiger partial charge in [-0.05, 0) is 63.0 Å². The van der Waals surface area contributed by atoms with E-state index in [-0.39, 0.29) is 24.1 Å². The molecule has 2 bridgehead atoms. The quantitative estimate of drug-likeness (QED) is 0.770. The molecule has 4 aliphatic rings. The molecule has 0 spiro atoms. The van der Waals surface area contributed by atoms with E-state index in [1.165, 1.54) is 5.56 Å². The van der Waals surface area contributed by atoms with Crippen LogP contribution in [0.15, 0.2) is 24.3 Å². The van der Waals surface area contributed by atoms with Gasteiger partial charge in [-0.25, -0.2) is 13.1 Å². The number of hydrogen-bond acceptors (Lipinski definition) is 5. The monoisotopic (exact) mass is 436 g/mol. The second-order valence-corrected chi connectivity index (χ2v) is 10.6. The number of nitrogens with one attached hydrogen (secondary N) is 1. The second-order valence-electron chi connectivity index (χ2n) is 8.84. The lowest BCUT2D eigenvalue weighted by Gasteiger charge is -2.42. The van der Waals surface area contributed by atoms with Crippen LogP contribution in [0.2, 0.25) is 0 Å². The third kappa shape index (κ3) is 4.81. The summed E-state index contributed by atoms with van der Waals surface area (Å²) in [6.07, 6.45) is 6.05. The standard InChI is InChI=1S/C22H32N2O5S/c1-15-22(25)24-13-5-7-19(23-30(2,26)27)20(24)14-28-17-11-9-16(10-12-17)18-6-3-4-8-21(18)29-15/h3-4,6,8,15-17,19-20,23H,5,7,9-14H2,1-2H3/t15-,16?,17?,19?,20-/m0/s1. The molecule has 8 heteroatoms. The Balaban J connectivity index is 1.65. The zero-order chi connectivity index (χ0) is 21.3. The minimum Gasteiger partial charge on any atom is -0.481 e. The van der Waals surface area contributed by atoms with Gasteiger partial charge in [0, 0.05) is 12.6 Å². The number of benzene rings is 1. The Morgan fingerprint density at radius 1 is 1.10 bits per heavy atom. The van der Waals surface area contributed by atoms with Gasteiger partial charge in [-0.15, -0.1) is 0 Å². The fourth-order valence-corrected chi connectivity index (χ4v) is 5.95. The summed E-state index contributed by atoms with van der Waals surface area (Å²) >= 11 is 0. The molecular formula is C22H32N2O5S. The second kappa shape index (κ2) is 8.85. The molecule has 3 aliphatic heterocycles. The van der Waals surface area contributed by atoms with Crippen molar-refractivity contribution in [3.05, 3.63) is 29.8 Å². The molecule has 1 unspecified atom stereocenters. The van der Waals surface area contributed by atoms with Gasteiger partial charge in [-0.2, -0.15) is 0 Å². The van der Waals surface area contributed by atoms with Crippen molar-refractivity contribution < 1.29 is 22.7 Å². The first-order chi connectivity index (χ1) is 14.3. The maximum Gasteiger partial charge on any atom is 0.263 e. The summed E-state index contributed by atoms with van der Waals surface area (Å²) in [6.45, 7) is 2.70. The van der Waals surface area contributed by atoms with Gasteiger partial charge in [-0.3, -0.25) is 4.79 Å². The Kier molecular flexibility index (Phi) is 6.36. The summed E-state index contributed by atoms with van der Waals surface area (Å²) in [4.78, 5) is 15.1. The Morgan fingerprint density at radius 3 is 2.57 bits per heavy atom. The summed E-state index contributed by atoms with van der Waals surface area (Å²) in [7, 11) is -3.39. The number of carbonyl (C=O) groups is 1. The first-order valence-electron chi connectivity index (χ1n) is 11.0. The topological polar surface area (TPSA) is 84.9 Å². The lowest BCUT2D eigenvalue weighted by atomic mass is 9.82. The highest BCUT2D eigenvalue weighted by molar-refractivity contribution is 7.88. The third-order valence-electron chi connectivity index (χ3n) is 6.61. The first kappa shape index (κ1) is 21.6. The zero-order valence-electron chi connectivity index (χ0n) is 17.7. The van der Waals surface area contributed by atoms with Crippen molar-refractivity contribution in [1.29, 1.82) is 0 Å². The molecular weight excluding hydrogens is 404 g/mol. The van der Waals surface area contributed by atoms with E-state index in [0.29, 0.717) is 25.5 Å². The molecule has 1 N–H and O–H groups in total. The summed E-state index contributed by atoms with van der Waals surface area (Å²) in [5.41, 5.74) is 1.17. The molecule has 1 aromatic rings. The van der Waals surface area contributed by atoms with Gasteiger partial charge < -0.3 is 14.4 Å². The van der Waals surface area contributed by atoms with Crippen LogP contribution in [-0.4, -0.2) is 62.9 Å². The molecule has 3 atom stereocenters. The van der Waals surface area contributed by atoms with E-state index in [1.807, 2.05) is 18.2 Å². The number of para-hydroxylation sites is 1. The zero-order valence-corrected chi connectivity index (χ0v) is 18.6. The minimum atomic E-state index is -3.39. The Labute approximate surface area is 179 Å². The maximum absolute atomic E-state index is 13.3. The number of carbonyl (C=O) groups excluding carboxylic acids is 1. The fraction of sp³-hybridized carbons (Fsp3) is 0.682. The highest BCUT2D eigenvalue weighted by atomic mass is 32.2. The van der Waals surface area contributed by atoms with Gasteiger partial charge in [0.2, 0.25) is 10.0 Å². The van der Waals surface area contributed by atoms with E-state index >= 15 is 0 Å². The van der Waals surface area contributed by atoms with Gasteiger partial charge in [0.1, 0.15) is 5.75 Å². The number of nitrogens with zero attached hydrogens (tertiary/aromatic N) is 1. The highest BCUT2D eigenvalue weighted by Gasteiger charge is 2.39. The SMILES string of the molecule is C[C@@H]1Oc2ccccc2C2CCC(CC2)OC[C@H]2C(NS(C)(=O)=O)CCCN2C1=O. The minimum absolute atomic E-state index is 0.120. The van der Waals surface area contributed by atoms with E-state index in [1.54, 1.807) is 11.8 Å². The molecule has 3 heterocycles. The lowest BCUT2D eigenvalue weighted by molar-refractivity contribution is -0.145. The molecule has 166 valence electrons. The normalized spacial score (nSPS) is 32.8. The third-order valence-corrected chi connectivity index (χ3v) is 7.35. The number of hydrogen-bond donors (Lipinski definition) is 1. The molecule has 5 rings (SSSR count). The largest absolute Gasteiger partial charge is 0.481 e. The number of rotatable bonds is 2. The van der Waals surface area contributed by atoms with Crippen LogP contribution in [0.25, 0.3) is 0 Å². The molecule has 0 radical (unpaired) electrons. The van der Waals surface area contributed by atoms with Crippen LogP contribution in [0.4, 0.5) is 0 Å². The van der Waals surface area contributed by atoms with Gasteiger partial charge in [-0.1, -0.05) is 18.2 Å². The molecule has 1 saturated heterocycles. The average molecular weight is 437 g/mol. The van der Waals surface area contributed by atoms with Crippen molar-refractivity contribution in [1.82, 2.24) is 9.62 Å². The van der Waals surface area contributed by atoms with Crippen molar-refractivity contribution in [2.45, 2.75) is 75.7 Å². The Morgan fingerprint density at radius 2 is 1.83 bits per heavy atom. The number of fused-ring (bicyclic) bond motifs is 5. The number of sulfonamides is 1. The number of piperidine rings is 1. The summed E-state index contributed by atoms with van der Waals surface area (Å²) in [5.74, 6) is 1.07. The summed E-state index contributed by atoms with van der Waals surface area (Å²) in [6, 6.07) is 7.34. The molecule has 1 aliphatic carbocycles. The van der Waals surface area contributed by atoms with Crippen molar-refractivity contribution in [3.63, 3.8) is 0 Å². The molecule has 1 aromatic carbocycles. The molecule has 1 saturated carbocycles.